The van der Waals surface area contributed by atoms with Crippen molar-refractivity contribution < 1.29 is 4.79 Å². The van der Waals surface area contributed by atoms with E-state index in [1.54, 1.807) is 0 Å². The molecule has 3 rings (SSSR count). The number of fused-ring (bicyclic) bond motifs is 1. The first-order chi connectivity index (χ1) is 9.74. The molecule has 1 aromatic carbocycles. The van der Waals surface area contributed by atoms with Gasteiger partial charge in [-0.05, 0) is 61.9 Å². The molecule has 2 aliphatic rings. The number of hydrogen-bond donors (Lipinski definition) is 1. The molecular weight excluding hydrogens is 284 g/mol. The van der Waals surface area contributed by atoms with Crippen LogP contribution in [0.4, 0.5) is 0 Å². The first-order valence-corrected chi connectivity index (χ1v) is 7.81. The lowest BCUT2D eigenvalue weighted by atomic mass is 10.0. The predicted octanol–water partition coefficient (Wildman–Crippen LogP) is 2.35. The van der Waals surface area contributed by atoms with Gasteiger partial charge in [0, 0.05) is 13.1 Å². The lowest BCUT2D eigenvalue weighted by Crippen LogP contribution is -2.44. The Morgan fingerprint density at radius 3 is 2.71 bits per heavy atom. The van der Waals surface area contributed by atoms with E-state index < -0.39 is 0 Å². The molecule has 1 saturated heterocycles. The molecule has 1 fully saturated rings. The Bertz CT molecular complexity index is 498. The average molecular weight is 309 g/mol. The highest BCUT2D eigenvalue weighted by Gasteiger charge is 2.22. The maximum Gasteiger partial charge on any atom is 0.226 e. The molecule has 0 atom stereocenters. The zero-order chi connectivity index (χ0) is 13.9. The third-order valence-electron chi connectivity index (χ3n) is 4.77. The number of amides is 1. The molecule has 0 saturated carbocycles. The second-order valence-corrected chi connectivity index (χ2v) is 6.12. The van der Waals surface area contributed by atoms with Gasteiger partial charge >= 0.3 is 0 Å². The molecule has 1 aliphatic carbocycles. The molecule has 3 nitrogen and oxygen atoms in total. The summed E-state index contributed by atoms with van der Waals surface area (Å²) in [5.74, 6) is 0.259. The molecule has 1 heterocycles. The number of likely N-dealkylation sites (N-methyl/N-ethyl adjacent to an activating group) is 1. The number of hydrogen-bond acceptors (Lipinski definition) is 2. The number of nitrogens with one attached hydrogen (secondary N) is 1. The van der Waals surface area contributed by atoms with Crippen LogP contribution in [-0.4, -0.2) is 37.0 Å². The van der Waals surface area contributed by atoms with E-state index in [-0.39, 0.29) is 18.3 Å². The van der Waals surface area contributed by atoms with E-state index in [2.05, 4.69) is 23.5 Å². The topological polar surface area (TPSA) is 32.3 Å². The molecule has 21 heavy (non-hydrogen) atoms. The van der Waals surface area contributed by atoms with Crippen LogP contribution in [0.3, 0.4) is 0 Å². The van der Waals surface area contributed by atoms with Crippen LogP contribution in [0.2, 0.25) is 0 Å². The number of benzene rings is 1. The fraction of sp³-hybridized carbons (Fsp3) is 0.588. The lowest BCUT2D eigenvalue weighted by molar-refractivity contribution is -0.131. The molecule has 1 aromatic rings. The Labute approximate surface area is 133 Å². The van der Waals surface area contributed by atoms with Gasteiger partial charge in [-0.25, -0.2) is 0 Å². The van der Waals surface area contributed by atoms with E-state index in [1.165, 1.54) is 36.0 Å². The summed E-state index contributed by atoms with van der Waals surface area (Å²) in [5.41, 5.74) is 4.11. The van der Waals surface area contributed by atoms with Gasteiger partial charge in [0.2, 0.25) is 5.91 Å². The summed E-state index contributed by atoms with van der Waals surface area (Å²) in [7, 11) is 1.96. The average Bonchev–Trinajstić information content (AvgIpc) is 2.95. The van der Waals surface area contributed by atoms with Crippen LogP contribution in [0.5, 0.6) is 0 Å². The Kier molecular flexibility index (Phi) is 5.65. The summed E-state index contributed by atoms with van der Waals surface area (Å²) in [6.45, 7) is 2.06. The number of nitrogens with zero attached hydrogens (tertiary/aromatic N) is 1. The molecular formula is C17H25ClN2O. The zero-order valence-electron chi connectivity index (χ0n) is 12.7. The molecule has 1 N–H and O–H groups in total. The van der Waals surface area contributed by atoms with Crippen LogP contribution in [0, 0.1) is 0 Å². The maximum absolute atomic E-state index is 12.4. The second-order valence-electron chi connectivity index (χ2n) is 6.12. The van der Waals surface area contributed by atoms with Crippen molar-refractivity contribution in [2.45, 2.75) is 44.6 Å². The third-order valence-corrected chi connectivity index (χ3v) is 4.77. The molecule has 0 radical (unpaired) electrons. The lowest BCUT2D eigenvalue weighted by Gasteiger charge is -2.31. The second kappa shape index (κ2) is 7.28. The minimum absolute atomic E-state index is 0. The van der Waals surface area contributed by atoms with E-state index in [9.17, 15) is 4.79 Å². The Balaban J connectivity index is 0.00000161. The maximum atomic E-state index is 12.4. The van der Waals surface area contributed by atoms with Crippen molar-refractivity contribution in [2.24, 2.45) is 0 Å². The summed E-state index contributed by atoms with van der Waals surface area (Å²) in [6, 6.07) is 7.02. The standard InChI is InChI=1S/C17H24N2O.ClH/c1-19(16-7-9-18-10-8-16)17(20)12-13-5-6-14-3-2-4-15(14)11-13;/h5-6,11,16,18H,2-4,7-10,12H2,1H3;1H. The van der Waals surface area contributed by atoms with Crippen molar-refractivity contribution in [1.82, 2.24) is 10.2 Å². The summed E-state index contributed by atoms with van der Waals surface area (Å²) in [6.07, 6.45) is 6.36. The molecule has 0 spiro atoms. The van der Waals surface area contributed by atoms with Crippen molar-refractivity contribution in [1.29, 1.82) is 0 Å². The SMILES string of the molecule is CN(C(=O)Cc1ccc2c(c1)CCC2)C1CCNCC1.Cl. The van der Waals surface area contributed by atoms with E-state index in [4.69, 9.17) is 0 Å². The van der Waals surface area contributed by atoms with Gasteiger partial charge in [-0.1, -0.05) is 18.2 Å². The highest BCUT2D eigenvalue weighted by molar-refractivity contribution is 5.85. The highest BCUT2D eigenvalue weighted by atomic mass is 35.5. The van der Waals surface area contributed by atoms with E-state index in [0.29, 0.717) is 12.5 Å². The van der Waals surface area contributed by atoms with E-state index >= 15 is 0 Å². The van der Waals surface area contributed by atoms with Gasteiger partial charge in [0.05, 0.1) is 6.42 Å². The highest BCUT2D eigenvalue weighted by Crippen LogP contribution is 2.23. The number of aryl methyl sites for hydroxylation is 2. The Hall–Kier alpha value is -1.06. The molecule has 1 aliphatic heterocycles. The quantitative estimate of drug-likeness (QED) is 0.929. The molecule has 116 valence electrons. The van der Waals surface area contributed by atoms with Gasteiger partial charge in [-0.2, -0.15) is 0 Å². The van der Waals surface area contributed by atoms with Crippen molar-refractivity contribution in [3.63, 3.8) is 0 Å². The van der Waals surface area contributed by atoms with Crippen LogP contribution in [0.1, 0.15) is 36.0 Å². The van der Waals surface area contributed by atoms with Gasteiger partial charge in [-0.3, -0.25) is 4.79 Å². The Morgan fingerprint density at radius 2 is 1.95 bits per heavy atom. The number of rotatable bonds is 3. The summed E-state index contributed by atoms with van der Waals surface area (Å²) in [4.78, 5) is 14.4. The van der Waals surface area contributed by atoms with Crippen LogP contribution in [-0.2, 0) is 24.1 Å². The van der Waals surface area contributed by atoms with Crippen molar-refractivity contribution in [3.8, 4) is 0 Å². The van der Waals surface area contributed by atoms with Crippen LogP contribution in [0.15, 0.2) is 18.2 Å². The van der Waals surface area contributed by atoms with Gasteiger partial charge in [0.15, 0.2) is 0 Å². The molecule has 0 bridgehead atoms. The summed E-state index contributed by atoms with van der Waals surface area (Å²) >= 11 is 0. The predicted molar refractivity (Wildman–Crippen MR) is 88.1 cm³/mol. The number of halogens is 1. The largest absolute Gasteiger partial charge is 0.342 e. The summed E-state index contributed by atoms with van der Waals surface area (Å²) in [5, 5.41) is 3.35. The fourth-order valence-electron chi connectivity index (χ4n) is 3.43. The molecule has 0 aromatic heterocycles. The van der Waals surface area contributed by atoms with Crippen molar-refractivity contribution >= 4 is 18.3 Å². The molecule has 4 heteroatoms. The van der Waals surface area contributed by atoms with Gasteiger partial charge in [0.1, 0.15) is 0 Å². The van der Waals surface area contributed by atoms with E-state index in [1.807, 2.05) is 11.9 Å². The van der Waals surface area contributed by atoms with Gasteiger partial charge < -0.3 is 10.2 Å². The van der Waals surface area contributed by atoms with Crippen molar-refractivity contribution in [2.75, 3.05) is 20.1 Å². The van der Waals surface area contributed by atoms with Gasteiger partial charge in [-0.15, -0.1) is 12.4 Å². The Morgan fingerprint density at radius 1 is 1.24 bits per heavy atom. The summed E-state index contributed by atoms with van der Waals surface area (Å²) < 4.78 is 0. The first kappa shape index (κ1) is 16.3. The minimum Gasteiger partial charge on any atom is -0.342 e. The first-order valence-electron chi connectivity index (χ1n) is 7.81. The van der Waals surface area contributed by atoms with E-state index in [0.717, 1.165) is 25.9 Å². The van der Waals surface area contributed by atoms with Crippen molar-refractivity contribution in [3.05, 3.63) is 34.9 Å². The van der Waals surface area contributed by atoms with Crippen LogP contribution >= 0.6 is 12.4 Å². The smallest absolute Gasteiger partial charge is 0.226 e. The number of carbonyl (C=O) groups is 1. The van der Waals surface area contributed by atoms with Crippen LogP contribution in [0.25, 0.3) is 0 Å². The monoisotopic (exact) mass is 308 g/mol. The molecule has 1 amide bonds. The number of carbonyl (C=O) groups excluding carboxylic acids is 1. The third kappa shape index (κ3) is 3.78. The van der Waals surface area contributed by atoms with Crippen LogP contribution < -0.4 is 5.32 Å². The fourth-order valence-corrected chi connectivity index (χ4v) is 3.43. The normalized spacial score (nSPS) is 18.0. The zero-order valence-corrected chi connectivity index (χ0v) is 13.5. The molecule has 0 unspecified atom stereocenters. The minimum atomic E-state index is 0. The number of piperidine rings is 1. The van der Waals surface area contributed by atoms with Gasteiger partial charge in [0.25, 0.3) is 0 Å².